The summed E-state index contributed by atoms with van der Waals surface area (Å²) in [7, 11) is 1.58. The largest absolute Gasteiger partial charge is 0.497 e. The highest BCUT2D eigenvalue weighted by Crippen LogP contribution is 2.55. The average Bonchev–Trinajstić information content (AvgIpc) is 3.68. The molecule has 0 radical (unpaired) electrons. The first-order valence-corrected chi connectivity index (χ1v) is 13.5. The molecule has 6 atom stereocenters. The molecule has 3 amide bonds. The first-order chi connectivity index (χ1) is 18.0. The van der Waals surface area contributed by atoms with Gasteiger partial charge in [0.2, 0.25) is 17.7 Å². The van der Waals surface area contributed by atoms with Crippen LogP contribution in [-0.2, 0) is 23.9 Å². The summed E-state index contributed by atoms with van der Waals surface area (Å²) in [5.41, 5.74) is -0.541. The average molecular weight is 510 g/mol. The van der Waals surface area contributed by atoms with E-state index in [1.54, 1.807) is 36.3 Å². The number of carbonyl (C=O) groups excluding carboxylic acids is 3. The number of amides is 3. The molecule has 5 aliphatic rings. The number of likely N-dealkylation sites (tertiary alicyclic amines) is 1. The third kappa shape index (κ3) is 4.22. The Hall–Kier alpha value is -2.91. The molecule has 9 nitrogen and oxygen atoms in total. The van der Waals surface area contributed by atoms with Crippen molar-refractivity contribution >= 4 is 23.4 Å². The van der Waals surface area contributed by atoms with E-state index in [1.165, 1.54) is 6.42 Å². The Balaban J connectivity index is 1.28. The summed E-state index contributed by atoms with van der Waals surface area (Å²) >= 11 is 0. The predicted octanol–water partition coefficient (Wildman–Crippen LogP) is 2.41. The number of ether oxygens (including phenoxy) is 3. The number of rotatable bonds is 7. The normalized spacial score (nSPS) is 34.6. The summed E-state index contributed by atoms with van der Waals surface area (Å²) in [6.07, 6.45) is 10.1. The zero-order valence-electron chi connectivity index (χ0n) is 21.2. The Bertz CT molecular complexity index is 1080. The molecular weight excluding hydrogens is 474 g/mol. The van der Waals surface area contributed by atoms with E-state index < -0.39 is 29.6 Å². The molecule has 4 fully saturated rings. The molecule has 9 heteroatoms. The Kier molecular flexibility index (Phi) is 6.44. The molecule has 1 spiro atoms. The molecule has 1 aromatic rings. The van der Waals surface area contributed by atoms with Crippen molar-refractivity contribution in [3.63, 3.8) is 0 Å². The van der Waals surface area contributed by atoms with Crippen LogP contribution >= 0.6 is 0 Å². The SMILES string of the molecule is COc1ccc(NC(=O)C2C3C=CC4(O3)C2C(=O)N(CC2CCCO2)C4C(=O)NC2CCCCC2)cc1. The number of fused-ring (bicyclic) bond motifs is 1. The number of benzene rings is 1. The van der Waals surface area contributed by atoms with Gasteiger partial charge in [0.15, 0.2) is 0 Å². The van der Waals surface area contributed by atoms with Gasteiger partial charge in [-0.05, 0) is 49.9 Å². The van der Waals surface area contributed by atoms with Crippen LogP contribution in [0.3, 0.4) is 0 Å². The number of anilines is 1. The van der Waals surface area contributed by atoms with E-state index in [4.69, 9.17) is 14.2 Å². The Labute approximate surface area is 216 Å². The zero-order chi connectivity index (χ0) is 25.6. The molecule has 198 valence electrons. The number of nitrogens with one attached hydrogen (secondary N) is 2. The van der Waals surface area contributed by atoms with E-state index in [1.807, 2.05) is 12.2 Å². The van der Waals surface area contributed by atoms with Gasteiger partial charge < -0.3 is 29.7 Å². The van der Waals surface area contributed by atoms with Crippen molar-refractivity contribution in [1.82, 2.24) is 10.2 Å². The van der Waals surface area contributed by atoms with Crippen molar-refractivity contribution < 1.29 is 28.6 Å². The van der Waals surface area contributed by atoms with Gasteiger partial charge >= 0.3 is 0 Å². The molecule has 4 aliphatic heterocycles. The van der Waals surface area contributed by atoms with Crippen LogP contribution in [0.25, 0.3) is 0 Å². The highest BCUT2D eigenvalue weighted by Gasteiger charge is 2.73. The third-order valence-corrected chi connectivity index (χ3v) is 8.66. The quantitative estimate of drug-likeness (QED) is 0.547. The molecular formula is C28H35N3O6. The van der Waals surface area contributed by atoms with E-state index in [9.17, 15) is 14.4 Å². The van der Waals surface area contributed by atoms with Gasteiger partial charge in [-0.3, -0.25) is 14.4 Å². The fourth-order valence-corrected chi connectivity index (χ4v) is 6.90. The molecule has 6 rings (SSSR count). The molecule has 0 aromatic heterocycles. The Morgan fingerprint density at radius 3 is 2.57 bits per heavy atom. The molecule has 1 saturated carbocycles. The summed E-state index contributed by atoms with van der Waals surface area (Å²) in [6, 6.07) is 6.34. The van der Waals surface area contributed by atoms with E-state index in [0.29, 0.717) is 24.6 Å². The fourth-order valence-electron chi connectivity index (χ4n) is 6.90. The van der Waals surface area contributed by atoms with Crippen molar-refractivity contribution in [3.8, 4) is 5.75 Å². The summed E-state index contributed by atoms with van der Waals surface area (Å²) in [6.45, 7) is 0.986. The lowest BCUT2D eigenvalue weighted by atomic mass is 9.74. The molecule has 2 bridgehead atoms. The second kappa shape index (κ2) is 9.76. The van der Waals surface area contributed by atoms with Crippen LogP contribution in [0.2, 0.25) is 0 Å². The summed E-state index contributed by atoms with van der Waals surface area (Å²) in [5.74, 6) is -1.48. The van der Waals surface area contributed by atoms with Crippen molar-refractivity contribution in [2.24, 2.45) is 11.8 Å². The standard InChI is InChI=1S/C28H35N3O6/c1-35-19-11-9-18(10-12-19)29-25(32)22-21-13-14-28(37-21)23(22)27(34)31(16-20-8-5-15-36-20)24(28)26(33)30-17-6-3-2-4-7-17/h9-14,17,20-24H,2-8,15-16H2,1H3,(H,29,32)(H,30,33). The lowest BCUT2D eigenvalue weighted by molar-refractivity contribution is -0.143. The topological polar surface area (TPSA) is 106 Å². The third-order valence-electron chi connectivity index (χ3n) is 8.66. The first kappa shape index (κ1) is 24.4. The van der Waals surface area contributed by atoms with Crippen molar-refractivity contribution in [2.45, 2.75) is 74.8 Å². The maximum Gasteiger partial charge on any atom is 0.246 e. The van der Waals surface area contributed by atoms with Gasteiger partial charge in [-0.25, -0.2) is 0 Å². The minimum atomic E-state index is -1.15. The maximum absolute atomic E-state index is 14.0. The summed E-state index contributed by atoms with van der Waals surface area (Å²) in [4.78, 5) is 43.0. The number of nitrogens with zero attached hydrogens (tertiary/aromatic N) is 1. The molecule has 4 heterocycles. The highest BCUT2D eigenvalue weighted by molar-refractivity contribution is 6.02. The lowest BCUT2D eigenvalue weighted by Gasteiger charge is -2.34. The molecule has 3 saturated heterocycles. The zero-order valence-corrected chi connectivity index (χ0v) is 21.2. The van der Waals surface area contributed by atoms with Crippen LogP contribution in [0.1, 0.15) is 44.9 Å². The smallest absolute Gasteiger partial charge is 0.246 e. The number of hydrogen-bond acceptors (Lipinski definition) is 6. The molecule has 2 N–H and O–H groups in total. The van der Waals surface area contributed by atoms with Gasteiger partial charge in [-0.1, -0.05) is 31.4 Å². The Morgan fingerprint density at radius 1 is 1.08 bits per heavy atom. The number of methoxy groups -OCH3 is 1. The van der Waals surface area contributed by atoms with Gasteiger partial charge in [-0.2, -0.15) is 0 Å². The van der Waals surface area contributed by atoms with E-state index in [-0.39, 0.29) is 29.9 Å². The molecule has 6 unspecified atom stereocenters. The van der Waals surface area contributed by atoms with Crippen LogP contribution in [0.5, 0.6) is 5.75 Å². The van der Waals surface area contributed by atoms with E-state index in [2.05, 4.69) is 10.6 Å². The monoisotopic (exact) mass is 509 g/mol. The Morgan fingerprint density at radius 2 is 1.86 bits per heavy atom. The van der Waals surface area contributed by atoms with Gasteiger partial charge in [0.1, 0.15) is 17.4 Å². The number of hydrogen-bond donors (Lipinski definition) is 2. The minimum absolute atomic E-state index is 0.105. The van der Waals surface area contributed by atoms with Crippen LogP contribution in [0.4, 0.5) is 5.69 Å². The summed E-state index contributed by atoms with van der Waals surface area (Å²) < 4.78 is 17.5. The van der Waals surface area contributed by atoms with E-state index in [0.717, 1.165) is 38.5 Å². The summed E-state index contributed by atoms with van der Waals surface area (Å²) in [5, 5.41) is 6.16. The molecule has 1 aliphatic carbocycles. The van der Waals surface area contributed by atoms with Crippen molar-refractivity contribution in [2.75, 3.05) is 25.6 Å². The number of carbonyl (C=O) groups is 3. The predicted molar refractivity (Wildman–Crippen MR) is 135 cm³/mol. The van der Waals surface area contributed by atoms with Crippen LogP contribution in [-0.4, -0.2) is 72.8 Å². The highest BCUT2D eigenvalue weighted by atomic mass is 16.5. The van der Waals surface area contributed by atoms with Crippen molar-refractivity contribution in [1.29, 1.82) is 0 Å². The maximum atomic E-state index is 14.0. The van der Waals surface area contributed by atoms with Gasteiger partial charge in [0, 0.05) is 24.9 Å². The second-order valence-corrected chi connectivity index (χ2v) is 10.9. The molecule has 1 aromatic carbocycles. The lowest BCUT2D eigenvalue weighted by Crippen LogP contribution is -2.57. The second-order valence-electron chi connectivity index (χ2n) is 10.9. The fraction of sp³-hybridized carbons (Fsp3) is 0.607. The van der Waals surface area contributed by atoms with Crippen LogP contribution in [0, 0.1) is 11.8 Å². The molecule has 37 heavy (non-hydrogen) atoms. The first-order valence-electron chi connectivity index (χ1n) is 13.5. The van der Waals surface area contributed by atoms with E-state index >= 15 is 0 Å². The van der Waals surface area contributed by atoms with Crippen LogP contribution < -0.4 is 15.4 Å². The van der Waals surface area contributed by atoms with Gasteiger partial charge in [-0.15, -0.1) is 0 Å². The van der Waals surface area contributed by atoms with Gasteiger partial charge in [0.25, 0.3) is 0 Å². The minimum Gasteiger partial charge on any atom is -0.497 e. The van der Waals surface area contributed by atoms with Crippen LogP contribution in [0.15, 0.2) is 36.4 Å². The van der Waals surface area contributed by atoms with Gasteiger partial charge in [0.05, 0.1) is 31.2 Å². The van der Waals surface area contributed by atoms with Crippen molar-refractivity contribution in [3.05, 3.63) is 36.4 Å².